The van der Waals surface area contributed by atoms with Gasteiger partial charge in [-0.25, -0.2) is 9.67 Å². The zero-order valence-electron chi connectivity index (χ0n) is 13.5. The Morgan fingerprint density at radius 2 is 2.17 bits per heavy atom. The molecule has 1 N–H and O–H groups in total. The number of ether oxygens (including phenoxy) is 2. The van der Waals surface area contributed by atoms with Gasteiger partial charge in [-0.2, -0.15) is 0 Å². The average Bonchev–Trinajstić information content (AvgIpc) is 2.93. The molecule has 2 aromatic heterocycles. The number of halogens is 1. The Morgan fingerprint density at radius 3 is 2.83 bits per heavy atom. The Kier molecular flexibility index (Phi) is 4.79. The van der Waals surface area contributed by atoms with Gasteiger partial charge in [-0.15, -0.1) is 5.10 Å². The fourth-order valence-electron chi connectivity index (χ4n) is 2.49. The van der Waals surface area contributed by atoms with E-state index >= 15 is 0 Å². The minimum Gasteiger partial charge on any atom is -0.480 e. The lowest BCUT2D eigenvalue weighted by atomic mass is 10.1. The summed E-state index contributed by atoms with van der Waals surface area (Å²) in [6.45, 7) is 6.65. The summed E-state index contributed by atoms with van der Waals surface area (Å²) in [5, 5.41) is 12.2. The summed E-state index contributed by atoms with van der Waals surface area (Å²) in [5.74, 6) is 0.469. The van der Waals surface area contributed by atoms with Crippen molar-refractivity contribution < 1.29 is 9.47 Å². The van der Waals surface area contributed by atoms with Crippen molar-refractivity contribution in [3.05, 3.63) is 33.7 Å². The van der Waals surface area contributed by atoms with E-state index in [-0.39, 0.29) is 0 Å². The van der Waals surface area contributed by atoms with Crippen LogP contribution in [0.15, 0.2) is 6.20 Å². The van der Waals surface area contributed by atoms with Crippen molar-refractivity contribution in [2.24, 2.45) is 0 Å². The molecule has 1 aliphatic heterocycles. The molecule has 0 atom stereocenters. The van der Waals surface area contributed by atoms with Crippen LogP contribution in [0.2, 0.25) is 5.02 Å². The minimum atomic E-state index is 0.324. The van der Waals surface area contributed by atoms with Crippen molar-refractivity contribution >= 4 is 11.6 Å². The Hall–Kier alpha value is -1.70. The lowest BCUT2D eigenvalue weighted by Gasteiger charge is -2.25. The van der Waals surface area contributed by atoms with Crippen molar-refractivity contribution in [1.82, 2.24) is 25.3 Å². The Balaban J connectivity index is 1.62. The highest BCUT2D eigenvalue weighted by molar-refractivity contribution is 6.32. The molecule has 7 nitrogen and oxygen atoms in total. The first-order valence-electron chi connectivity index (χ1n) is 7.49. The molecule has 3 rings (SSSR count). The van der Waals surface area contributed by atoms with E-state index in [1.54, 1.807) is 7.11 Å². The fourth-order valence-corrected chi connectivity index (χ4v) is 2.73. The van der Waals surface area contributed by atoms with E-state index in [0.29, 0.717) is 43.2 Å². The standard InChI is InChI=1S/C15H20ClN5O2/c1-9-13(10(2)18-15(22-3)14(9)16)5-17-4-11-6-21(20-19-11)12-7-23-8-12/h6,12,17H,4-5,7-8H2,1-3H3. The number of pyridine rings is 1. The summed E-state index contributed by atoms with van der Waals surface area (Å²) < 4.78 is 12.2. The average molecular weight is 338 g/mol. The fraction of sp³-hybridized carbons (Fsp3) is 0.533. The van der Waals surface area contributed by atoms with E-state index in [1.807, 2.05) is 24.7 Å². The number of methoxy groups -OCH3 is 1. The summed E-state index contributed by atoms with van der Waals surface area (Å²) in [7, 11) is 1.57. The smallest absolute Gasteiger partial charge is 0.232 e. The summed E-state index contributed by atoms with van der Waals surface area (Å²) in [4.78, 5) is 4.38. The van der Waals surface area contributed by atoms with Crippen LogP contribution in [0.3, 0.4) is 0 Å². The third kappa shape index (κ3) is 3.31. The van der Waals surface area contributed by atoms with Gasteiger partial charge in [0.05, 0.1) is 32.2 Å². The summed E-state index contributed by atoms with van der Waals surface area (Å²) in [5.41, 5.74) is 3.88. The molecular formula is C15H20ClN5O2. The quantitative estimate of drug-likeness (QED) is 0.866. The molecule has 0 unspecified atom stereocenters. The Labute approximate surface area is 139 Å². The largest absolute Gasteiger partial charge is 0.480 e. The van der Waals surface area contributed by atoms with Crippen molar-refractivity contribution in [2.45, 2.75) is 33.0 Å². The molecule has 0 spiro atoms. The maximum atomic E-state index is 6.27. The monoisotopic (exact) mass is 337 g/mol. The highest BCUT2D eigenvalue weighted by Gasteiger charge is 2.21. The SMILES string of the molecule is COc1nc(C)c(CNCc2cn(C3COC3)nn2)c(C)c1Cl. The number of aryl methyl sites for hydroxylation is 1. The van der Waals surface area contributed by atoms with E-state index in [0.717, 1.165) is 22.5 Å². The normalized spacial score (nSPS) is 14.8. The molecular weight excluding hydrogens is 318 g/mol. The van der Waals surface area contributed by atoms with Crippen LogP contribution in [0.1, 0.15) is 28.6 Å². The lowest BCUT2D eigenvalue weighted by molar-refractivity contribution is -0.0293. The molecule has 0 aromatic carbocycles. The maximum Gasteiger partial charge on any atom is 0.232 e. The van der Waals surface area contributed by atoms with Gasteiger partial charge in [0.15, 0.2) is 0 Å². The van der Waals surface area contributed by atoms with Crippen LogP contribution in [-0.4, -0.2) is 40.3 Å². The second kappa shape index (κ2) is 6.82. The second-order valence-electron chi connectivity index (χ2n) is 5.61. The molecule has 0 saturated carbocycles. The van der Waals surface area contributed by atoms with E-state index in [2.05, 4.69) is 20.6 Å². The minimum absolute atomic E-state index is 0.324. The van der Waals surface area contributed by atoms with E-state index in [4.69, 9.17) is 21.1 Å². The number of nitrogens with zero attached hydrogens (tertiary/aromatic N) is 4. The van der Waals surface area contributed by atoms with Gasteiger partial charge < -0.3 is 14.8 Å². The van der Waals surface area contributed by atoms with Gasteiger partial charge in [0, 0.05) is 18.8 Å². The van der Waals surface area contributed by atoms with E-state index in [9.17, 15) is 0 Å². The third-order valence-corrected chi connectivity index (χ3v) is 4.47. The van der Waals surface area contributed by atoms with E-state index < -0.39 is 0 Å². The number of nitrogens with one attached hydrogen (secondary N) is 1. The Morgan fingerprint density at radius 1 is 1.39 bits per heavy atom. The Bertz CT molecular complexity index is 699. The van der Waals surface area contributed by atoms with Crippen LogP contribution < -0.4 is 10.1 Å². The topological polar surface area (TPSA) is 74.1 Å². The van der Waals surface area contributed by atoms with Gasteiger partial charge in [-0.05, 0) is 25.0 Å². The maximum absolute atomic E-state index is 6.27. The van der Waals surface area contributed by atoms with Crippen LogP contribution in [0, 0.1) is 13.8 Å². The van der Waals surface area contributed by atoms with Crippen molar-refractivity contribution in [3.63, 3.8) is 0 Å². The van der Waals surface area contributed by atoms with Crippen LogP contribution in [0.25, 0.3) is 0 Å². The van der Waals surface area contributed by atoms with Crippen molar-refractivity contribution in [2.75, 3.05) is 20.3 Å². The molecule has 1 fully saturated rings. The molecule has 0 aliphatic carbocycles. The molecule has 23 heavy (non-hydrogen) atoms. The molecule has 1 aliphatic rings. The lowest BCUT2D eigenvalue weighted by Crippen LogP contribution is -2.31. The summed E-state index contributed by atoms with van der Waals surface area (Å²) in [6.07, 6.45) is 1.96. The number of hydrogen-bond acceptors (Lipinski definition) is 6. The van der Waals surface area contributed by atoms with Crippen molar-refractivity contribution in [3.8, 4) is 5.88 Å². The van der Waals surface area contributed by atoms with Crippen LogP contribution in [-0.2, 0) is 17.8 Å². The summed E-state index contributed by atoms with van der Waals surface area (Å²) in [6, 6.07) is 0.324. The predicted octanol–water partition coefficient (Wildman–Crippen LogP) is 1.81. The van der Waals surface area contributed by atoms with Gasteiger partial charge in [0.2, 0.25) is 5.88 Å². The highest BCUT2D eigenvalue weighted by atomic mass is 35.5. The number of rotatable bonds is 6. The molecule has 0 radical (unpaired) electrons. The molecule has 124 valence electrons. The molecule has 2 aromatic rings. The first-order valence-corrected chi connectivity index (χ1v) is 7.86. The summed E-state index contributed by atoms with van der Waals surface area (Å²) >= 11 is 6.27. The molecule has 3 heterocycles. The van der Waals surface area contributed by atoms with E-state index in [1.165, 1.54) is 0 Å². The molecule has 8 heteroatoms. The van der Waals surface area contributed by atoms with Gasteiger partial charge in [-0.3, -0.25) is 0 Å². The predicted molar refractivity (Wildman–Crippen MR) is 85.7 cm³/mol. The second-order valence-corrected chi connectivity index (χ2v) is 5.99. The molecule has 1 saturated heterocycles. The highest BCUT2D eigenvalue weighted by Crippen LogP contribution is 2.29. The van der Waals surface area contributed by atoms with Gasteiger partial charge in [-0.1, -0.05) is 16.8 Å². The first kappa shape index (κ1) is 16.2. The first-order chi connectivity index (χ1) is 11.1. The molecule has 0 amide bonds. The number of aromatic nitrogens is 4. The van der Waals surface area contributed by atoms with Crippen LogP contribution >= 0.6 is 11.6 Å². The third-order valence-electron chi connectivity index (χ3n) is 4.03. The van der Waals surface area contributed by atoms with Gasteiger partial charge >= 0.3 is 0 Å². The van der Waals surface area contributed by atoms with Gasteiger partial charge in [0.25, 0.3) is 0 Å². The number of hydrogen-bond donors (Lipinski definition) is 1. The molecule has 0 bridgehead atoms. The van der Waals surface area contributed by atoms with Crippen LogP contribution in [0.5, 0.6) is 5.88 Å². The van der Waals surface area contributed by atoms with Gasteiger partial charge in [0.1, 0.15) is 11.1 Å². The zero-order chi connectivity index (χ0) is 16.4. The van der Waals surface area contributed by atoms with Crippen LogP contribution in [0.4, 0.5) is 0 Å². The van der Waals surface area contributed by atoms with Crippen molar-refractivity contribution in [1.29, 1.82) is 0 Å². The zero-order valence-corrected chi connectivity index (χ0v) is 14.2.